The molecule has 0 aliphatic rings. The van der Waals surface area contributed by atoms with Crippen molar-refractivity contribution in [1.82, 2.24) is 16.0 Å². The number of carbonyl (C=O) groups excluding carboxylic acids is 3. The fourth-order valence-electron chi connectivity index (χ4n) is 3.23. The zero-order chi connectivity index (χ0) is 28.3. The number of amides is 3. The maximum Gasteiger partial charge on any atom is 0.326 e. The minimum atomic E-state index is -1.69. The van der Waals surface area contributed by atoms with E-state index in [0.29, 0.717) is 12.0 Å². The number of carbonyl (C=O) groups is 6. The first-order valence-electron chi connectivity index (χ1n) is 11.4. The van der Waals surface area contributed by atoms with Crippen molar-refractivity contribution in [3.63, 3.8) is 0 Å². The van der Waals surface area contributed by atoms with Gasteiger partial charge in [0.15, 0.2) is 0 Å². The van der Waals surface area contributed by atoms with Crippen molar-refractivity contribution in [2.24, 2.45) is 11.7 Å². The van der Waals surface area contributed by atoms with Crippen LogP contribution in [0.15, 0.2) is 24.3 Å². The molecule has 9 N–H and O–H groups in total. The van der Waals surface area contributed by atoms with Crippen molar-refractivity contribution in [2.75, 3.05) is 0 Å². The largest absolute Gasteiger partial charge is 0.508 e. The Morgan fingerprint density at radius 1 is 0.811 bits per heavy atom. The minimum Gasteiger partial charge on any atom is -0.508 e. The summed E-state index contributed by atoms with van der Waals surface area (Å²) in [6.07, 6.45) is -1.41. The average molecular weight is 525 g/mol. The Bertz CT molecular complexity index is 998. The lowest BCUT2D eigenvalue weighted by molar-refractivity contribution is -0.144. The molecule has 14 heteroatoms. The highest BCUT2D eigenvalue weighted by Gasteiger charge is 2.33. The lowest BCUT2D eigenvalue weighted by atomic mass is 9.98. The summed E-state index contributed by atoms with van der Waals surface area (Å²) in [4.78, 5) is 72.0. The van der Waals surface area contributed by atoms with Gasteiger partial charge in [0.25, 0.3) is 0 Å². The van der Waals surface area contributed by atoms with E-state index in [2.05, 4.69) is 16.0 Å². The quantitative estimate of drug-likeness (QED) is 0.135. The summed E-state index contributed by atoms with van der Waals surface area (Å²) in [5, 5.41) is 43.7. The van der Waals surface area contributed by atoms with Crippen molar-refractivity contribution in [1.29, 1.82) is 0 Å². The van der Waals surface area contributed by atoms with E-state index >= 15 is 0 Å². The van der Waals surface area contributed by atoms with Gasteiger partial charge in [-0.1, -0.05) is 32.4 Å². The number of hydrogen-bond acceptors (Lipinski definition) is 8. The third-order valence-corrected chi connectivity index (χ3v) is 5.53. The van der Waals surface area contributed by atoms with Crippen LogP contribution in [0.5, 0.6) is 5.75 Å². The number of aromatic hydroxyl groups is 1. The predicted octanol–water partition coefficient (Wildman–Crippen LogP) is -1.20. The molecule has 5 unspecified atom stereocenters. The Balaban J connectivity index is 3.18. The molecular weight excluding hydrogens is 492 g/mol. The zero-order valence-electron chi connectivity index (χ0n) is 20.3. The standard InChI is InChI=1S/C23H32N4O10/c1-3-11(2)19(23(36)37)27-22(35)16(10-18(31)32)26-21(34)15(8-12-4-6-13(28)7-5-12)25-20(33)14(24)9-17(29)30/h4-7,11,14-16,19,28H,3,8-10,24H2,1-2H3,(H,25,33)(H,26,34)(H,27,35)(H,29,30)(H,31,32)(H,36,37). The van der Waals surface area contributed by atoms with Crippen LogP contribution in [0.4, 0.5) is 0 Å². The summed E-state index contributed by atoms with van der Waals surface area (Å²) >= 11 is 0. The normalized spacial score (nSPS) is 14.8. The number of benzene rings is 1. The summed E-state index contributed by atoms with van der Waals surface area (Å²) in [5.74, 6) is -7.75. The number of rotatable bonds is 15. The predicted molar refractivity (Wildman–Crippen MR) is 127 cm³/mol. The molecule has 0 spiro atoms. The van der Waals surface area contributed by atoms with E-state index in [1.165, 1.54) is 24.3 Å². The summed E-state index contributed by atoms with van der Waals surface area (Å²) < 4.78 is 0. The topological polar surface area (TPSA) is 245 Å². The monoisotopic (exact) mass is 524 g/mol. The molecule has 0 bridgehead atoms. The van der Waals surface area contributed by atoms with Crippen LogP contribution in [0.3, 0.4) is 0 Å². The van der Waals surface area contributed by atoms with Gasteiger partial charge in [-0.3, -0.25) is 24.0 Å². The van der Waals surface area contributed by atoms with E-state index in [0.717, 1.165) is 0 Å². The van der Waals surface area contributed by atoms with E-state index < -0.39 is 78.6 Å². The van der Waals surface area contributed by atoms with Gasteiger partial charge in [-0.25, -0.2) is 4.79 Å². The van der Waals surface area contributed by atoms with Crippen molar-refractivity contribution < 1.29 is 49.2 Å². The SMILES string of the molecule is CCC(C)C(NC(=O)C(CC(=O)O)NC(=O)C(Cc1ccc(O)cc1)NC(=O)C(N)CC(=O)O)C(=O)O. The van der Waals surface area contributed by atoms with Crippen molar-refractivity contribution in [3.8, 4) is 5.75 Å². The molecule has 0 aliphatic carbocycles. The van der Waals surface area contributed by atoms with Crippen LogP contribution in [-0.4, -0.2) is 80.2 Å². The van der Waals surface area contributed by atoms with Gasteiger partial charge >= 0.3 is 17.9 Å². The first-order chi connectivity index (χ1) is 17.2. The van der Waals surface area contributed by atoms with Crippen LogP contribution in [0.1, 0.15) is 38.7 Å². The lowest BCUT2D eigenvalue weighted by Gasteiger charge is -2.26. The summed E-state index contributed by atoms with van der Waals surface area (Å²) in [6, 6.07) is -0.416. The minimum absolute atomic E-state index is 0.0650. The van der Waals surface area contributed by atoms with E-state index in [4.69, 9.17) is 10.8 Å². The molecule has 0 aromatic heterocycles. The van der Waals surface area contributed by atoms with Gasteiger partial charge in [0, 0.05) is 6.42 Å². The summed E-state index contributed by atoms with van der Waals surface area (Å²) in [6.45, 7) is 3.28. The molecule has 3 amide bonds. The van der Waals surface area contributed by atoms with Gasteiger partial charge in [0.1, 0.15) is 23.9 Å². The van der Waals surface area contributed by atoms with Crippen molar-refractivity contribution >= 4 is 35.6 Å². The summed E-state index contributed by atoms with van der Waals surface area (Å²) in [5.41, 5.74) is 6.02. The highest BCUT2D eigenvalue weighted by atomic mass is 16.4. The molecule has 1 aromatic rings. The molecule has 0 saturated carbocycles. The Hall–Kier alpha value is -4.20. The maximum absolute atomic E-state index is 13.1. The van der Waals surface area contributed by atoms with Gasteiger partial charge in [0.05, 0.1) is 18.9 Å². The van der Waals surface area contributed by atoms with E-state index in [-0.39, 0.29) is 12.2 Å². The fraction of sp³-hybridized carbons (Fsp3) is 0.478. The lowest BCUT2D eigenvalue weighted by Crippen LogP contribution is -2.58. The van der Waals surface area contributed by atoms with Crippen LogP contribution in [0.2, 0.25) is 0 Å². The van der Waals surface area contributed by atoms with Crippen molar-refractivity contribution in [3.05, 3.63) is 29.8 Å². The van der Waals surface area contributed by atoms with E-state index in [1.807, 2.05) is 0 Å². The molecule has 1 rings (SSSR count). The number of nitrogens with one attached hydrogen (secondary N) is 3. The molecule has 0 radical (unpaired) electrons. The number of phenols is 1. The molecule has 0 fully saturated rings. The number of hydrogen-bond donors (Lipinski definition) is 8. The van der Waals surface area contributed by atoms with Crippen LogP contribution in [-0.2, 0) is 35.2 Å². The van der Waals surface area contributed by atoms with Crippen molar-refractivity contribution in [2.45, 2.75) is 63.7 Å². The third kappa shape index (κ3) is 10.5. The number of phenolic OH excluding ortho intramolecular Hbond substituents is 1. The first kappa shape index (κ1) is 30.8. The highest BCUT2D eigenvalue weighted by Crippen LogP contribution is 2.13. The number of carboxylic acids is 3. The molecule has 37 heavy (non-hydrogen) atoms. The second kappa shape index (κ2) is 14.4. The second-order valence-electron chi connectivity index (χ2n) is 8.51. The van der Waals surface area contributed by atoms with Gasteiger partial charge in [-0.15, -0.1) is 0 Å². The molecule has 0 heterocycles. The highest BCUT2D eigenvalue weighted by molar-refractivity contribution is 5.96. The molecule has 5 atom stereocenters. The van der Waals surface area contributed by atoms with Gasteiger partial charge in [0.2, 0.25) is 17.7 Å². The molecule has 0 saturated heterocycles. The molecule has 1 aromatic carbocycles. The van der Waals surface area contributed by atoms with Gasteiger partial charge in [-0.05, 0) is 23.6 Å². The van der Waals surface area contributed by atoms with Crippen LogP contribution >= 0.6 is 0 Å². The molecule has 14 nitrogen and oxygen atoms in total. The molecular formula is C23H32N4O10. The third-order valence-electron chi connectivity index (χ3n) is 5.53. The first-order valence-corrected chi connectivity index (χ1v) is 11.4. The smallest absolute Gasteiger partial charge is 0.326 e. The molecule has 204 valence electrons. The van der Waals surface area contributed by atoms with Crippen LogP contribution < -0.4 is 21.7 Å². The Morgan fingerprint density at radius 2 is 1.32 bits per heavy atom. The maximum atomic E-state index is 13.1. The van der Waals surface area contributed by atoms with E-state index in [1.54, 1.807) is 13.8 Å². The van der Waals surface area contributed by atoms with E-state index in [9.17, 15) is 44.1 Å². The van der Waals surface area contributed by atoms with Gasteiger partial charge in [-0.2, -0.15) is 0 Å². The number of carboxylic acid groups (broad SMARTS) is 3. The summed E-state index contributed by atoms with van der Waals surface area (Å²) in [7, 11) is 0. The average Bonchev–Trinajstić information content (AvgIpc) is 2.81. The Kier molecular flexibility index (Phi) is 12.0. The number of nitrogens with two attached hydrogens (primary N) is 1. The fourth-order valence-corrected chi connectivity index (χ4v) is 3.23. The zero-order valence-corrected chi connectivity index (χ0v) is 20.3. The molecule has 0 aliphatic heterocycles. The Morgan fingerprint density at radius 3 is 1.81 bits per heavy atom. The Labute approximate surface area is 212 Å². The van der Waals surface area contributed by atoms with Crippen LogP contribution in [0.25, 0.3) is 0 Å². The second-order valence-corrected chi connectivity index (χ2v) is 8.51. The van der Waals surface area contributed by atoms with Crippen LogP contribution in [0, 0.1) is 5.92 Å². The van der Waals surface area contributed by atoms with Gasteiger partial charge < -0.3 is 42.1 Å². The number of aliphatic carboxylic acids is 3.